The van der Waals surface area contributed by atoms with E-state index in [-0.39, 0.29) is 11.7 Å². The third kappa shape index (κ3) is 2.73. The quantitative estimate of drug-likeness (QED) is 0.473. The van der Waals surface area contributed by atoms with E-state index in [0.29, 0.717) is 0 Å². The molecular weight excluding hydrogens is 305 g/mol. The van der Waals surface area contributed by atoms with Crippen LogP contribution in [0.5, 0.6) is 0 Å². The highest BCUT2D eigenvalue weighted by atomic mass is 32.2. The van der Waals surface area contributed by atoms with Gasteiger partial charge in [0.05, 0.1) is 11.4 Å². The largest absolute Gasteiger partial charge is 0.354 e. The van der Waals surface area contributed by atoms with Gasteiger partial charge < -0.3 is 5.32 Å². The van der Waals surface area contributed by atoms with Gasteiger partial charge >= 0.3 is 0 Å². The van der Waals surface area contributed by atoms with Crippen LogP contribution in [-0.2, 0) is 0 Å². The molecule has 1 aliphatic rings. The Balaban J connectivity index is 1.68. The second kappa shape index (κ2) is 5.74. The summed E-state index contributed by atoms with van der Waals surface area (Å²) in [5.41, 5.74) is 4.44. The predicted molar refractivity (Wildman–Crippen MR) is 94.2 cm³/mol. The summed E-state index contributed by atoms with van der Waals surface area (Å²) in [6, 6.07) is 21.6. The van der Waals surface area contributed by atoms with Crippen LogP contribution in [0.1, 0.15) is 24.0 Å². The number of rotatable bonds is 2. The average molecular weight is 321 g/mol. The van der Waals surface area contributed by atoms with E-state index in [9.17, 15) is 4.39 Å². The van der Waals surface area contributed by atoms with Crippen LogP contribution in [-0.4, -0.2) is 0 Å². The number of hydrogen-bond donors (Lipinski definition) is 1. The van der Waals surface area contributed by atoms with E-state index in [1.165, 1.54) is 21.4 Å². The van der Waals surface area contributed by atoms with E-state index in [1.54, 1.807) is 23.9 Å². The summed E-state index contributed by atoms with van der Waals surface area (Å²) in [5.74, 6) is -0.0325. The lowest BCUT2D eigenvalue weighted by atomic mass is 9.93. The van der Waals surface area contributed by atoms with Crippen molar-refractivity contribution in [3.05, 3.63) is 83.7 Å². The van der Waals surface area contributed by atoms with E-state index in [4.69, 9.17) is 0 Å². The van der Waals surface area contributed by atoms with Gasteiger partial charge in [-0.15, -0.1) is 0 Å². The first-order valence-corrected chi connectivity index (χ1v) is 8.46. The van der Waals surface area contributed by atoms with Crippen LogP contribution in [0.3, 0.4) is 0 Å². The van der Waals surface area contributed by atoms with Crippen LogP contribution in [0.25, 0.3) is 0 Å². The molecule has 0 spiro atoms. The van der Waals surface area contributed by atoms with E-state index in [2.05, 4.69) is 48.6 Å². The molecule has 1 aliphatic heterocycles. The molecule has 1 N–H and O–H groups in total. The molecule has 3 aromatic carbocycles. The maximum Gasteiger partial charge on any atom is 0.123 e. The highest BCUT2D eigenvalue weighted by Gasteiger charge is 2.17. The third-order valence-corrected chi connectivity index (χ3v) is 5.38. The molecule has 0 bridgehead atoms. The Labute approximate surface area is 139 Å². The predicted octanol–water partition coefficient (Wildman–Crippen LogP) is 6.19. The van der Waals surface area contributed by atoms with Crippen molar-refractivity contribution >= 4 is 23.1 Å². The number of para-hydroxylation sites is 1. The molecule has 0 amide bonds. The molecule has 3 aromatic rings. The molecule has 3 heteroatoms. The topological polar surface area (TPSA) is 12.0 Å². The monoisotopic (exact) mass is 321 g/mol. The zero-order valence-corrected chi connectivity index (χ0v) is 13.5. The van der Waals surface area contributed by atoms with E-state index in [1.807, 2.05) is 12.1 Å². The van der Waals surface area contributed by atoms with E-state index < -0.39 is 0 Å². The molecule has 1 atom stereocenters. The van der Waals surface area contributed by atoms with E-state index >= 15 is 0 Å². The molecule has 1 nitrogen and oxygen atoms in total. The van der Waals surface area contributed by atoms with Crippen molar-refractivity contribution in [2.75, 3.05) is 5.32 Å². The zero-order chi connectivity index (χ0) is 15.8. The summed E-state index contributed by atoms with van der Waals surface area (Å²) in [6.07, 6.45) is 0. The summed E-state index contributed by atoms with van der Waals surface area (Å²) < 4.78 is 13.5. The summed E-state index contributed by atoms with van der Waals surface area (Å²) >= 11 is 1.78. The minimum Gasteiger partial charge on any atom is -0.354 e. The average Bonchev–Trinajstić information content (AvgIpc) is 2.59. The number of halogens is 1. The van der Waals surface area contributed by atoms with Crippen LogP contribution in [0, 0.1) is 5.82 Å². The second-order valence-corrected chi connectivity index (χ2v) is 6.84. The molecule has 23 heavy (non-hydrogen) atoms. The molecule has 0 saturated carbocycles. The maximum absolute atomic E-state index is 13.5. The highest BCUT2D eigenvalue weighted by molar-refractivity contribution is 7.99. The molecule has 0 radical (unpaired) electrons. The normalized spacial score (nSPS) is 13.7. The number of nitrogens with one attached hydrogen (secondary N) is 1. The fourth-order valence-electron chi connectivity index (χ4n) is 2.89. The Kier molecular flexibility index (Phi) is 3.58. The smallest absolute Gasteiger partial charge is 0.123 e. The maximum atomic E-state index is 13.5. The lowest BCUT2D eigenvalue weighted by Crippen LogP contribution is -2.02. The summed E-state index contributed by atoms with van der Waals surface area (Å²) in [7, 11) is 0. The standard InChI is InChI=1S/C20H16FNS/c1-13(14-5-4-6-16(21)11-14)15-9-10-20-18(12-15)22-17-7-2-3-8-19(17)23-20/h2-13,22H,1H3. The lowest BCUT2D eigenvalue weighted by Gasteiger charge is -2.22. The molecule has 1 heterocycles. The second-order valence-electron chi connectivity index (χ2n) is 5.76. The summed E-state index contributed by atoms with van der Waals surface area (Å²) in [4.78, 5) is 2.46. The van der Waals surface area contributed by atoms with Gasteiger partial charge in [0.15, 0.2) is 0 Å². The zero-order valence-electron chi connectivity index (χ0n) is 12.7. The molecular formula is C20H16FNS. The third-order valence-electron chi connectivity index (χ3n) is 4.23. The molecule has 4 rings (SSSR count). The molecule has 0 aliphatic carbocycles. The minimum absolute atomic E-state index is 0.153. The Hall–Kier alpha value is -2.26. The number of hydrogen-bond acceptors (Lipinski definition) is 2. The Morgan fingerprint density at radius 3 is 2.48 bits per heavy atom. The van der Waals surface area contributed by atoms with Gasteiger partial charge in [0.1, 0.15) is 5.82 Å². The van der Waals surface area contributed by atoms with Gasteiger partial charge in [-0.25, -0.2) is 4.39 Å². The highest BCUT2D eigenvalue weighted by Crippen LogP contribution is 2.45. The number of anilines is 2. The van der Waals surface area contributed by atoms with Gasteiger partial charge in [0.25, 0.3) is 0 Å². The fraction of sp³-hybridized carbons (Fsp3) is 0.100. The Morgan fingerprint density at radius 1 is 0.826 bits per heavy atom. The van der Waals surface area contributed by atoms with Gasteiger partial charge in [-0.1, -0.05) is 49.0 Å². The van der Waals surface area contributed by atoms with Gasteiger partial charge in [-0.3, -0.25) is 0 Å². The first-order chi connectivity index (χ1) is 11.2. The van der Waals surface area contributed by atoms with Crippen LogP contribution >= 0.6 is 11.8 Å². The van der Waals surface area contributed by atoms with Crippen LogP contribution in [0.2, 0.25) is 0 Å². The van der Waals surface area contributed by atoms with Crippen LogP contribution < -0.4 is 5.32 Å². The van der Waals surface area contributed by atoms with Crippen LogP contribution in [0.15, 0.2) is 76.5 Å². The van der Waals surface area contributed by atoms with Gasteiger partial charge in [-0.2, -0.15) is 0 Å². The molecule has 0 saturated heterocycles. The van der Waals surface area contributed by atoms with Crippen molar-refractivity contribution < 1.29 is 4.39 Å². The molecule has 1 unspecified atom stereocenters. The molecule has 114 valence electrons. The Bertz CT molecular complexity index is 875. The lowest BCUT2D eigenvalue weighted by molar-refractivity contribution is 0.624. The number of fused-ring (bicyclic) bond motifs is 2. The van der Waals surface area contributed by atoms with Crippen molar-refractivity contribution in [2.24, 2.45) is 0 Å². The number of benzene rings is 3. The first kappa shape index (κ1) is 14.3. The summed E-state index contributed by atoms with van der Waals surface area (Å²) in [6.45, 7) is 2.11. The van der Waals surface area contributed by atoms with E-state index in [0.717, 1.165) is 16.9 Å². The molecule has 0 aromatic heterocycles. The van der Waals surface area contributed by atoms with Crippen molar-refractivity contribution in [1.82, 2.24) is 0 Å². The van der Waals surface area contributed by atoms with Crippen molar-refractivity contribution in [3.8, 4) is 0 Å². The minimum atomic E-state index is -0.185. The van der Waals surface area contributed by atoms with Gasteiger partial charge in [0.2, 0.25) is 0 Å². The Morgan fingerprint density at radius 2 is 1.61 bits per heavy atom. The van der Waals surface area contributed by atoms with Gasteiger partial charge in [0, 0.05) is 15.7 Å². The fourth-order valence-corrected chi connectivity index (χ4v) is 3.86. The van der Waals surface area contributed by atoms with Crippen molar-refractivity contribution in [1.29, 1.82) is 0 Å². The van der Waals surface area contributed by atoms with Crippen LogP contribution in [0.4, 0.5) is 15.8 Å². The first-order valence-electron chi connectivity index (χ1n) is 7.64. The van der Waals surface area contributed by atoms with Crippen molar-refractivity contribution in [2.45, 2.75) is 22.6 Å². The SMILES string of the molecule is CC(c1cccc(F)c1)c1ccc2c(c1)Nc1ccccc1S2. The molecule has 0 fully saturated rings. The van der Waals surface area contributed by atoms with Gasteiger partial charge in [-0.05, 0) is 47.5 Å². The van der Waals surface area contributed by atoms with Crippen molar-refractivity contribution in [3.63, 3.8) is 0 Å². The summed E-state index contributed by atoms with van der Waals surface area (Å²) in [5, 5.41) is 3.50.